The Labute approximate surface area is 161 Å². The van der Waals surface area contributed by atoms with Gasteiger partial charge in [-0.05, 0) is 11.1 Å². The molecule has 2 amide bonds. The van der Waals surface area contributed by atoms with Crippen molar-refractivity contribution in [2.75, 3.05) is 0 Å². The molecule has 6 N–H and O–H groups in total. The van der Waals surface area contributed by atoms with Gasteiger partial charge in [-0.3, -0.25) is 4.79 Å². The lowest BCUT2D eigenvalue weighted by Crippen LogP contribution is -2.56. The van der Waals surface area contributed by atoms with Gasteiger partial charge in [0.15, 0.2) is 5.60 Å². The van der Waals surface area contributed by atoms with Gasteiger partial charge in [-0.2, -0.15) is 0 Å². The summed E-state index contributed by atoms with van der Waals surface area (Å²) in [6.45, 7) is 0. The molecule has 0 aliphatic rings. The van der Waals surface area contributed by atoms with Crippen molar-refractivity contribution in [3.05, 3.63) is 71.8 Å². The van der Waals surface area contributed by atoms with Gasteiger partial charge in [0, 0.05) is 12.8 Å². The first kappa shape index (κ1) is 20.9. The molecule has 2 aromatic rings. The number of nitrogens with two attached hydrogens (primary N) is 1. The number of hydrogen-bond donors (Lipinski definition) is 5. The molecule has 0 saturated carbocycles. The van der Waals surface area contributed by atoms with Crippen molar-refractivity contribution >= 4 is 18.0 Å². The standard InChI is InChI=1S/C20H22N2O6/c21-18(27)22-19(12-16(23)24,15-9-5-2-6-10-15)13-20(28,17(25)26)11-14-7-3-1-4-8-14/h1-10,28H,11-13H2,(H,23,24)(H,25,26)(H3,21,22,27)/t19?,20-/m0/s1. The highest BCUT2D eigenvalue weighted by atomic mass is 16.4. The zero-order chi connectivity index (χ0) is 20.8. The Morgan fingerprint density at radius 3 is 1.93 bits per heavy atom. The molecule has 0 spiro atoms. The zero-order valence-electron chi connectivity index (χ0n) is 15.0. The van der Waals surface area contributed by atoms with Gasteiger partial charge in [0.05, 0.1) is 12.0 Å². The Hall–Kier alpha value is -3.39. The van der Waals surface area contributed by atoms with E-state index in [1.807, 2.05) is 0 Å². The predicted molar refractivity (Wildman–Crippen MR) is 100 cm³/mol. The monoisotopic (exact) mass is 386 g/mol. The maximum atomic E-state index is 12.0. The molecule has 2 aromatic carbocycles. The average molecular weight is 386 g/mol. The maximum absolute atomic E-state index is 12.0. The highest BCUT2D eigenvalue weighted by molar-refractivity contribution is 5.80. The summed E-state index contributed by atoms with van der Waals surface area (Å²) < 4.78 is 0. The van der Waals surface area contributed by atoms with Crippen molar-refractivity contribution in [3.63, 3.8) is 0 Å². The summed E-state index contributed by atoms with van der Waals surface area (Å²) in [5.74, 6) is -2.82. The number of aliphatic carboxylic acids is 2. The number of rotatable bonds is 9. The molecule has 0 aromatic heterocycles. The van der Waals surface area contributed by atoms with Crippen LogP contribution in [-0.4, -0.2) is 38.9 Å². The molecule has 0 fully saturated rings. The molecule has 0 radical (unpaired) electrons. The molecule has 8 heteroatoms. The maximum Gasteiger partial charge on any atom is 0.336 e. The van der Waals surface area contributed by atoms with Crippen LogP contribution in [0.3, 0.4) is 0 Å². The van der Waals surface area contributed by atoms with Gasteiger partial charge in [-0.1, -0.05) is 60.7 Å². The van der Waals surface area contributed by atoms with Crippen LogP contribution in [0.2, 0.25) is 0 Å². The summed E-state index contributed by atoms with van der Waals surface area (Å²) in [5.41, 5.74) is 2.06. The van der Waals surface area contributed by atoms with Crippen molar-refractivity contribution < 1.29 is 29.7 Å². The molecule has 0 bridgehead atoms. The van der Waals surface area contributed by atoms with E-state index >= 15 is 0 Å². The number of aliphatic hydroxyl groups is 1. The highest BCUT2D eigenvalue weighted by Crippen LogP contribution is 2.36. The fraction of sp³-hybridized carbons (Fsp3) is 0.250. The molecule has 0 saturated heterocycles. The van der Waals surface area contributed by atoms with Gasteiger partial charge in [0.2, 0.25) is 0 Å². The van der Waals surface area contributed by atoms with Gasteiger partial charge in [-0.25, -0.2) is 9.59 Å². The minimum atomic E-state index is -2.35. The molecule has 0 aliphatic carbocycles. The summed E-state index contributed by atoms with van der Waals surface area (Å²) in [7, 11) is 0. The minimum absolute atomic E-state index is 0.280. The minimum Gasteiger partial charge on any atom is -0.481 e. The molecule has 2 atom stereocenters. The molecule has 0 heterocycles. The van der Waals surface area contributed by atoms with E-state index in [4.69, 9.17) is 5.73 Å². The SMILES string of the molecule is NC(=O)NC(CC(=O)O)(C[C@@](O)(Cc1ccccc1)C(=O)O)c1ccccc1. The number of amides is 2. The summed E-state index contributed by atoms with van der Waals surface area (Å²) in [4.78, 5) is 35.2. The number of carboxylic acids is 2. The average Bonchev–Trinajstić information content (AvgIpc) is 2.62. The molecule has 28 heavy (non-hydrogen) atoms. The fourth-order valence-corrected chi connectivity index (χ4v) is 3.32. The topological polar surface area (TPSA) is 150 Å². The largest absolute Gasteiger partial charge is 0.481 e. The molecular weight excluding hydrogens is 364 g/mol. The lowest BCUT2D eigenvalue weighted by atomic mass is 9.75. The van der Waals surface area contributed by atoms with E-state index in [-0.39, 0.29) is 6.42 Å². The first-order chi connectivity index (χ1) is 13.2. The summed E-state index contributed by atoms with van der Waals surface area (Å²) >= 11 is 0. The van der Waals surface area contributed by atoms with E-state index in [0.717, 1.165) is 0 Å². The van der Waals surface area contributed by atoms with Gasteiger partial charge in [0.1, 0.15) is 0 Å². The highest BCUT2D eigenvalue weighted by Gasteiger charge is 2.48. The van der Waals surface area contributed by atoms with Crippen molar-refractivity contribution in [2.45, 2.75) is 30.4 Å². The van der Waals surface area contributed by atoms with Crippen molar-refractivity contribution in [3.8, 4) is 0 Å². The van der Waals surface area contributed by atoms with Gasteiger partial charge in [0.25, 0.3) is 0 Å². The van der Waals surface area contributed by atoms with Crippen molar-refractivity contribution in [1.29, 1.82) is 0 Å². The molecule has 1 unspecified atom stereocenters. The first-order valence-corrected chi connectivity index (χ1v) is 8.51. The van der Waals surface area contributed by atoms with E-state index in [0.29, 0.717) is 11.1 Å². The van der Waals surface area contributed by atoms with Crippen LogP contribution in [-0.2, 0) is 21.5 Å². The number of benzene rings is 2. The number of urea groups is 1. The number of primary amides is 1. The Balaban J connectivity index is 2.55. The van der Waals surface area contributed by atoms with Crippen molar-refractivity contribution in [1.82, 2.24) is 5.32 Å². The van der Waals surface area contributed by atoms with Crippen LogP contribution in [0.1, 0.15) is 24.0 Å². The lowest BCUT2D eigenvalue weighted by Gasteiger charge is -2.39. The van der Waals surface area contributed by atoms with E-state index in [9.17, 15) is 29.7 Å². The van der Waals surface area contributed by atoms with E-state index in [1.165, 1.54) is 0 Å². The van der Waals surface area contributed by atoms with E-state index in [1.54, 1.807) is 60.7 Å². The first-order valence-electron chi connectivity index (χ1n) is 8.51. The van der Waals surface area contributed by atoms with Crippen LogP contribution in [0.5, 0.6) is 0 Å². The molecule has 2 rings (SSSR count). The Bertz CT molecular complexity index is 824. The third-order valence-electron chi connectivity index (χ3n) is 4.47. The summed E-state index contributed by atoms with van der Waals surface area (Å²) in [6.07, 6.45) is -1.54. The van der Waals surface area contributed by atoms with Crippen LogP contribution >= 0.6 is 0 Å². The molecular formula is C20H22N2O6. The third-order valence-corrected chi connectivity index (χ3v) is 4.47. The molecule has 0 aliphatic heterocycles. The number of carbonyl (C=O) groups excluding carboxylic acids is 1. The smallest absolute Gasteiger partial charge is 0.336 e. The zero-order valence-corrected chi connectivity index (χ0v) is 15.0. The van der Waals surface area contributed by atoms with Gasteiger partial charge >= 0.3 is 18.0 Å². The second-order valence-electron chi connectivity index (χ2n) is 6.68. The number of nitrogens with one attached hydrogen (secondary N) is 1. The van der Waals surface area contributed by atoms with E-state index < -0.39 is 42.0 Å². The molecule has 8 nitrogen and oxygen atoms in total. The van der Waals surface area contributed by atoms with Crippen LogP contribution < -0.4 is 11.1 Å². The second-order valence-corrected chi connectivity index (χ2v) is 6.68. The van der Waals surface area contributed by atoms with Gasteiger partial charge in [-0.15, -0.1) is 0 Å². The van der Waals surface area contributed by atoms with Crippen molar-refractivity contribution in [2.24, 2.45) is 5.73 Å². The summed E-state index contributed by atoms with van der Waals surface area (Å²) in [6, 6.07) is 15.4. The normalized spacial score (nSPS) is 15.0. The Kier molecular flexibility index (Phi) is 6.37. The van der Waals surface area contributed by atoms with Crippen LogP contribution in [0.4, 0.5) is 4.79 Å². The van der Waals surface area contributed by atoms with E-state index in [2.05, 4.69) is 5.32 Å². The number of carboxylic acid groups (broad SMARTS) is 2. The predicted octanol–water partition coefficient (Wildman–Crippen LogP) is 1.47. The van der Waals surface area contributed by atoms with Gasteiger partial charge < -0.3 is 26.4 Å². The number of hydrogen-bond acceptors (Lipinski definition) is 4. The molecule has 148 valence electrons. The lowest BCUT2D eigenvalue weighted by molar-refractivity contribution is -0.162. The van der Waals surface area contributed by atoms with Crippen LogP contribution in [0, 0.1) is 0 Å². The van der Waals surface area contributed by atoms with Crippen LogP contribution in [0.15, 0.2) is 60.7 Å². The quantitative estimate of drug-likeness (QED) is 0.440. The third kappa shape index (κ3) is 5.08. The fourth-order valence-electron chi connectivity index (χ4n) is 3.32. The Morgan fingerprint density at radius 1 is 0.929 bits per heavy atom. The second kappa shape index (κ2) is 8.53. The number of carbonyl (C=O) groups is 3. The summed E-state index contributed by atoms with van der Waals surface area (Å²) in [5, 5.41) is 32.5. The Morgan fingerprint density at radius 2 is 1.46 bits per heavy atom. The van der Waals surface area contributed by atoms with Crippen LogP contribution in [0.25, 0.3) is 0 Å².